The first kappa shape index (κ1) is 21.9. The van der Waals surface area contributed by atoms with Gasteiger partial charge in [0.05, 0.1) is 6.04 Å². The van der Waals surface area contributed by atoms with Crippen molar-refractivity contribution in [3.05, 3.63) is 29.3 Å². The van der Waals surface area contributed by atoms with Crippen molar-refractivity contribution < 1.29 is 4.79 Å². The molecule has 1 aliphatic rings. The van der Waals surface area contributed by atoms with Gasteiger partial charge in [0.25, 0.3) is 0 Å². The molecule has 3 N–H and O–H groups in total. The van der Waals surface area contributed by atoms with Gasteiger partial charge in [0.15, 0.2) is 0 Å². The third-order valence-corrected chi connectivity index (χ3v) is 5.44. The van der Waals surface area contributed by atoms with Crippen LogP contribution in [0.4, 0.5) is 5.69 Å². The quantitative estimate of drug-likeness (QED) is 0.847. The fourth-order valence-electron chi connectivity index (χ4n) is 3.48. The van der Waals surface area contributed by atoms with Crippen molar-refractivity contribution >= 4 is 24.0 Å². The Bertz CT molecular complexity index is 601. The van der Waals surface area contributed by atoms with Gasteiger partial charge in [0.1, 0.15) is 0 Å². The summed E-state index contributed by atoms with van der Waals surface area (Å²) in [5.41, 5.74) is 9.54. The number of anilines is 1. The van der Waals surface area contributed by atoms with E-state index in [0.29, 0.717) is 5.92 Å². The molecule has 0 aromatic heterocycles. The third-order valence-electron chi connectivity index (χ3n) is 5.44. The van der Waals surface area contributed by atoms with Gasteiger partial charge in [-0.25, -0.2) is 0 Å². The normalized spacial score (nSPS) is 21.5. The van der Waals surface area contributed by atoms with E-state index in [0.717, 1.165) is 30.8 Å². The Morgan fingerprint density at radius 3 is 2.52 bits per heavy atom. The number of hydrogen-bond donors (Lipinski definition) is 2. The maximum Gasteiger partial charge on any atom is 0.241 e. The van der Waals surface area contributed by atoms with E-state index in [9.17, 15) is 4.79 Å². The highest BCUT2D eigenvalue weighted by molar-refractivity contribution is 5.96. The van der Waals surface area contributed by atoms with Gasteiger partial charge in [0, 0.05) is 24.8 Å². The van der Waals surface area contributed by atoms with Crippen LogP contribution in [-0.4, -0.2) is 36.0 Å². The Balaban J connectivity index is 0.00000312. The molecule has 1 fully saturated rings. The minimum atomic E-state index is -0.156. The Morgan fingerprint density at radius 2 is 1.96 bits per heavy atom. The standard InChI is InChI=1S/C20H33N3O.ClH/c1-13(2)16-9-7-8-14(3)18(16)22-19(24)15(4)23-11-10-17(21)20(5,6)12-23;/h7-9,13,15,17H,10-12,21H2,1-6H3,(H,22,24);1H. The summed E-state index contributed by atoms with van der Waals surface area (Å²) in [6.45, 7) is 14.5. The molecule has 0 radical (unpaired) electrons. The molecule has 1 aromatic carbocycles. The summed E-state index contributed by atoms with van der Waals surface area (Å²) in [6, 6.07) is 6.25. The number of rotatable bonds is 4. The molecule has 0 bridgehead atoms. The Labute approximate surface area is 158 Å². The number of nitrogens with one attached hydrogen (secondary N) is 1. The maximum absolute atomic E-state index is 12.8. The first-order chi connectivity index (χ1) is 11.1. The summed E-state index contributed by atoms with van der Waals surface area (Å²) in [7, 11) is 0. The topological polar surface area (TPSA) is 58.4 Å². The number of nitrogens with zero attached hydrogens (tertiary/aromatic N) is 1. The number of benzene rings is 1. The molecular formula is C20H34ClN3O. The Kier molecular flexibility index (Phi) is 7.48. The molecule has 1 heterocycles. The lowest BCUT2D eigenvalue weighted by atomic mass is 9.79. The van der Waals surface area contributed by atoms with Crippen LogP contribution in [0.3, 0.4) is 0 Å². The van der Waals surface area contributed by atoms with E-state index in [1.165, 1.54) is 5.56 Å². The highest BCUT2D eigenvalue weighted by atomic mass is 35.5. The van der Waals surface area contributed by atoms with Gasteiger partial charge in [-0.05, 0) is 42.7 Å². The van der Waals surface area contributed by atoms with Crippen molar-refractivity contribution in [2.24, 2.45) is 11.1 Å². The predicted molar refractivity (Wildman–Crippen MR) is 109 cm³/mol. The molecule has 2 rings (SSSR count). The van der Waals surface area contributed by atoms with Gasteiger partial charge in [0.2, 0.25) is 5.91 Å². The van der Waals surface area contributed by atoms with Crippen LogP contribution < -0.4 is 11.1 Å². The minimum Gasteiger partial charge on any atom is -0.327 e. The van der Waals surface area contributed by atoms with Crippen LogP contribution in [-0.2, 0) is 4.79 Å². The van der Waals surface area contributed by atoms with E-state index >= 15 is 0 Å². The number of halogens is 1. The predicted octanol–water partition coefficient (Wildman–Crippen LogP) is 3.93. The van der Waals surface area contributed by atoms with Crippen molar-refractivity contribution in [3.8, 4) is 0 Å². The molecule has 1 amide bonds. The van der Waals surface area contributed by atoms with E-state index < -0.39 is 0 Å². The second-order valence-electron chi connectivity index (χ2n) is 8.21. The lowest BCUT2D eigenvalue weighted by Crippen LogP contribution is -2.56. The number of likely N-dealkylation sites (tertiary alicyclic amines) is 1. The van der Waals surface area contributed by atoms with Crippen LogP contribution in [0.25, 0.3) is 0 Å². The smallest absolute Gasteiger partial charge is 0.241 e. The summed E-state index contributed by atoms with van der Waals surface area (Å²) in [4.78, 5) is 15.1. The third kappa shape index (κ3) is 4.96. The van der Waals surface area contributed by atoms with Crippen LogP contribution >= 0.6 is 12.4 Å². The fraction of sp³-hybridized carbons (Fsp3) is 0.650. The molecule has 5 heteroatoms. The van der Waals surface area contributed by atoms with Gasteiger partial charge in [-0.1, -0.05) is 45.9 Å². The summed E-state index contributed by atoms with van der Waals surface area (Å²) >= 11 is 0. The molecule has 4 nitrogen and oxygen atoms in total. The van der Waals surface area contributed by atoms with Gasteiger partial charge >= 0.3 is 0 Å². The van der Waals surface area contributed by atoms with Gasteiger partial charge in [-0.15, -0.1) is 12.4 Å². The molecule has 2 unspecified atom stereocenters. The first-order valence-electron chi connectivity index (χ1n) is 9.03. The Morgan fingerprint density at radius 1 is 1.32 bits per heavy atom. The fourth-order valence-corrected chi connectivity index (χ4v) is 3.48. The van der Waals surface area contributed by atoms with Crippen LogP contribution in [0.1, 0.15) is 58.1 Å². The zero-order valence-corrected chi connectivity index (χ0v) is 17.2. The monoisotopic (exact) mass is 367 g/mol. The Hall–Kier alpha value is -1.10. The summed E-state index contributed by atoms with van der Waals surface area (Å²) in [5, 5.41) is 3.18. The molecule has 2 atom stereocenters. The van der Waals surface area contributed by atoms with Crippen molar-refractivity contribution in [1.82, 2.24) is 4.90 Å². The zero-order valence-electron chi connectivity index (χ0n) is 16.4. The van der Waals surface area contributed by atoms with E-state index in [2.05, 4.69) is 63.0 Å². The SMILES string of the molecule is Cc1cccc(C(C)C)c1NC(=O)C(C)N1CCC(N)C(C)(C)C1.Cl. The minimum absolute atomic E-state index is 0. The van der Waals surface area contributed by atoms with Crippen LogP contribution in [0, 0.1) is 12.3 Å². The number of hydrogen-bond acceptors (Lipinski definition) is 3. The molecule has 1 aliphatic heterocycles. The number of para-hydroxylation sites is 1. The zero-order chi connectivity index (χ0) is 18.1. The highest BCUT2D eigenvalue weighted by Gasteiger charge is 2.36. The van der Waals surface area contributed by atoms with E-state index in [-0.39, 0.29) is 35.8 Å². The van der Waals surface area contributed by atoms with Gasteiger partial charge < -0.3 is 11.1 Å². The van der Waals surface area contributed by atoms with Crippen LogP contribution in [0.2, 0.25) is 0 Å². The average molecular weight is 368 g/mol. The molecule has 0 saturated carbocycles. The van der Waals surface area contributed by atoms with Crippen molar-refractivity contribution in [2.75, 3.05) is 18.4 Å². The second-order valence-corrected chi connectivity index (χ2v) is 8.21. The molecule has 1 saturated heterocycles. The number of amides is 1. The number of carbonyl (C=O) groups excluding carboxylic acids is 1. The van der Waals surface area contributed by atoms with Crippen LogP contribution in [0.15, 0.2) is 18.2 Å². The van der Waals surface area contributed by atoms with Crippen molar-refractivity contribution in [3.63, 3.8) is 0 Å². The van der Waals surface area contributed by atoms with Crippen molar-refractivity contribution in [1.29, 1.82) is 0 Å². The van der Waals surface area contributed by atoms with Crippen LogP contribution in [0.5, 0.6) is 0 Å². The van der Waals surface area contributed by atoms with E-state index in [1.54, 1.807) is 0 Å². The van der Waals surface area contributed by atoms with Gasteiger partial charge in [-0.2, -0.15) is 0 Å². The van der Waals surface area contributed by atoms with E-state index in [4.69, 9.17) is 5.73 Å². The molecule has 0 spiro atoms. The van der Waals surface area contributed by atoms with E-state index in [1.807, 2.05) is 6.92 Å². The molecule has 25 heavy (non-hydrogen) atoms. The highest BCUT2D eigenvalue weighted by Crippen LogP contribution is 2.30. The molecule has 1 aromatic rings. The summed E-state index contributed by atoms with van der Waals surface area (Å²) < 4.78 is 0. The number of piperidine rings is 1. The van der Waals surface area contributed by atoms with Gasteiger partial charge in [-0.3, -0.25) is 9.69 Å². The number of nitrogens with two attached hydrogens (primary N) is 1. The molecular weight excluding hydrogens is 334 g/mol. The lowest BCUT2D eigenvalue weighted by molar-refractivity contribution is -0.122. The average Bonchev–Trinajstić information content (AvgIpc) is 2.50. The summed E-state index contributed by atoms with van der Waals surface area (Å²) in [5.74, 6) is 0.444. The molecule has 0 aliphatic carbocycles. The molecule has 142 valence electrons. The second kappa shape index (κ2) is 8.52. The first-order valence-corrected chi connectivity index (χ1v) is 9.03. The maximum atomic E-state index is 12.8. The summed E-state index contributed by atoms with van der Waals surface area (Å²) in [6.07, 6.45) is 0.937. The number of aryl methyl sites for hydroxylation is 1. The largest absolute Gasteiger partial charge is 0.327 e. The van der Waals surface area contributed by atoms with Crippen molar-refractivity contribution in [2.45, 2.75) is 66.0 Å². The number of carbonyl (C=O) groups is 1. The lowest BCUT2D eigenvalue weighted by Gasteiger charge is -2.44.